The van der Waals surface area contributed by atoms with E-state index in [-0.39, 0.29) is 5.96 Å². The second-order valence-electron chi connectivity index (χ2n) is 5.51. The molecule has 0 saturated heterocycles. The summed E-state index contributed by atoms with van der Waals surface area (Å²) in [5.74, 6) is -0.0833. The van der Waals surface area contributed by atoms with Crippen molar-refractivity contribution in [3.05, 3.63) is 91.0 Å². The third-order valence-electron chi connectivity index (χ3n) is 3.82. The summed E-state index contributed by atoms with van der Waals surface area (Å²) in [5, 5.41) is 8.87. The number of hydrogen-bond donors (Lipinski definition) is 3. The first-order chi connectivity index (χ1) is 11.5. The Morgan fingerprint density at radius 2 is 0.833 bits per heavy atom. The monoisotopic (exact) mass is 337 g/mol. The minimum Gasteiger partial charge on any atom is -0.291 e. The lowest BCUT2D eigenvalue weighted by Crippen LogP contribution is -2.51. The molecular formula is C20H24N3P+2. The highest BCUT2D eigenvalue weighted by atomic mass is 31.2. The van der Waals surface area contributed by atoms with Crippen molar-refractivity contribution >= 4 is 29.1 Å². The molecule has 0 saturated carbocycles. The molecule has 0 bridgehead atoms. The highest BCUT2D eigenvalue weighted by Gasteiger charge is 2.39. The van der Waals surface area contributed by atoms with Gasteiger partial charge in [-0.3, -0.25) is 16.9 Å². The number of hydrogen-bond acceptors (Lipinski definition) is 0. The van der Waals surface area contributed by atoms with E-state index in [0.29, 0.717) is 0 Å². The van der Waals surface area contributed by atoms with E-state index < -0.39 is 7.26 Å². The molecule has 3 rings (SSSR count). The van der Waals surface area contributed by atoms with Crippen molar-refractivity contribution in [1.29, 1.82) is 0 Å². The Balaban J connectivity index is 0.000000471. The lowest BCUT2D eigenvalue weighted by atomic mass is 10.4. The van der Waals surface area contributed by atoms with E-state index in [0.717, 1.165) is 0 Å². The molecule has 0 fully saturated rings. The standard InChI is InChI=1S/C19H18P.CH5N3/c1-20(17-11-5-2-6-12-17,18-13-7-3-8-14-18)19-15-9-4-10-16-19;2-1(3)4/h2-16H,1H3;(H5,2,3,4)/q+1;/p+1. The van der Waals surface area contributed by atoms with Crippen LogP contribution in [0.5, 0.6) is 0 Å². The topological polar surface area (TPSA) is 77.6 Å². The maximum atomic E-state index is 4.58. The quantitative estimate of drug-likeness (QED) is 0.372. The largest absolute Gasteiger partial charge is 0.336 e. The van der Waals surface area contributed by atoms with Crippen LogP contribution in [-0.4, -0.2) is 12.6 Å². The molecule has 0 amide bonds. The van der Waals surface area contributed by atoms with Crippen molar-refractivity contribution in [3.63, 3.8) is 0 Å². The van der Waals surface area contributed by atoms with Gasteiger partial charge >= 0.3 is 5.96 Å². The second kappa shape index (κ2) is 8.28. The Morgan fingerprint density at radius 3 is 1.04 bits per heavy atom. The fraction of sp³-hybridized carbons (Fsp3) is 0.0500. The van der Waals surface area contributed by atoms with Crippen LogP contribution in [0.15, 0.2) is 91.0 Å². The van der Waals surface area contributed by atoms with Gasteiger partial charge in [0.05, 0.1) is 6.66 Å². The highest BCUT2D eigenvalue weighted by Crippen LogP contribution is 2.51. The minimum absolute atomic E-state index is 0.0833. The van der Waals surface area contributed by atoms with Crippen LogP contribution in [0.2, 0.25) is 0 Å². The van der Waals surface area contributed by atoms with Gasteiger partial charge in [0.1, 0.15) is 23.2 Å². The lowest BCUT2D eigenvalue weighted by Gasteiger charge is -2.22. The van der Waals surface area contributed by atoms with Crippen LogP contribution in [0.3, 0.4) is 0 Å². The highest BCUT2D eigenvalue weighted by molar-refractivity contribution is 7.95. The number of rotatable bonds is 3. The van der Waals surface area contributed by atoms with Crippen LogP contribution in [0.25, 0.3) is 0 Å². The van der Waals surface area contributed by atoms with Gasteiger partial charge in [-0.2, -0.15) is 0 Å². The first-order valence-electron chi connectivity index (χ1n) is 7.72. The third kappa shape index (κ3) is 4.21. The van der Waals surface area contributed by atoms with Crippen molar-refractivity contribution in [2.24, 2.45) is 11.5 Å². The summed E-state index contributed by atoms with van der Waals surface area (Å²) >= 11 is 0. The number of guanidine groups is 1. The summed E-state index contributed by atoms with van der Waals surface area (Å²) in [7, 11) is -1.53. The fourth-order valence-corrected chi connectivity index (χ4v) is 5.83. The van der Waals surface area contributed by atoms with Crippen LogP contribution in [0, 0.1) is 0 Å². The smallest absolute Gasteiger partial charge is 0.291 e. The number of nitrogens with two attached hydrogens (primary N) is 3. The molecule has 24 heavy (non-hydrogen) atoms. The van der Waals surface area contributed by atoms with Crippen molar-refractivity contribution < 1.29 is 5.41 Å². The molecule has 3 aromatic rings. The van der Waals surface area contributed by atoms with Crippen LogP contribution >= 0.6 is 7.26 Å². The molecule has 122 valence electrons. The Kier molecular flexibility index (Phi) is 6.11. The summed E-state index contributed by atoms with van der Waals surface area (Å²) in [5.41, 5.74) is 9.17. The number of benzene rings is 3. The zero-order valence-electron chi connectivity index (χ0n) is 13.8. The van der Waals surface area contributed by atoms with Gasteiger partial charge in [-0.15, -0.1) is 0 Å². The fourth-order valence-electron chi connectivity index (χ4n) is 2.63. The minimum atomic E-state index is -1.53. The van der Waals surface area contributed by atoms with Gasteiger partial charge in [-0.25, -0.2) is 0 Å². The molecule has 0 aliphatic carbocycles. The maximum absolute atomic E-state index is 4.58. The molecule has 0 unspecified atom stereocenters. The summed E-state index contributed by atoms with van der Waals surface area (Å²) in [4.78, 5) is 0. The van der Waals surface area contributed by atoms with Gasteiger partial charge in [-0.05, 0) is 36.4 Å². The molecule has 0 radical (unpaired) electrons. The SMILES string of the molecule is C[P+](c1ccccc1)(c1ccccc1)c1ccccc1.NC(N)=[NH2+]. The van der Waals surface area contributed by atoms with Gasteiger partial charge in [0.15, 0.2) is 0 Å². The zero-order valence-corrected chi connectivity index (χ0v) is 14.7. The first-order valence-corrected chi connectivity index (χ1v) is 9.95. The molecule has 3 aromatic carbocycles. The van der Waals surface area contributed by atoms with E-state index in [4.69, 9.17) is 0 Å². The van der Waals surface area contributed by atoms with Gasteiger partial charge in [-0.1, -0.05) is 54.6 Å². The Labute approximate surface area is 144 Å². The normalized spacial score (nSPS) is 10.4. The molecule has 0 heterocycles. The average molecular weight is 337 g/mol. The molecule has 4 heteroatoms. The summed E-state index contributed by atoms with van der Waals surface area (Å²) in [6.07, 6.45) is 0. The maximum Gasteiger partial charge on any atom is 0.336 e. The molecule has 0 spiro atoms. The molecule has 3 nitrogen and oxygen atoms in total. The van der Waals surface area contributed by atoms with Gasteiger partial charge in [0, 0.05) is 0 Å². The van der Waals surface area contributed by atoms with Crippen molar-refractivity contribution in [1.82, 2.24) is 0 Å². The summed E-state index contributed by atoms with van der Waals surface area (Å²) < 4.78 is 0. The third-order valence-corrected chi connectivity index (χ3v) is 7.81. The predicted molar refractivity (Wildman–Crippen MR) is 106 cm³/mol. The summed E-state index contributed by atoms with van der Waals surface area (Å²) in [6, 6.07) is 32.6. The Bertz CT molecular complexity index is 658. The van der Waals surface area contributed by atoms with E-state index in [1.54, 1.807) is 0 Å². The molecular weight excluding hydrogens is 313 g/mol. The lowest BCUT2D eigenvalue weighted by molar-refractivity contribution is -0.116. The van der Waals surface area contributed by atoms with Crippen molar-refractivity contribution in [2.45, 2.75) is 0 Å². The zero-order chi connectivity index (χ0) is 17.4. The average Bonchev–Trinajstić information content (AvgIpc) is 2.63. The molecule has 0 aliphatic rings. The van der Waals surface area contributed by atoms with E-state index in [1.807, 2.05) is 0 Å². The van der Waals surface area contributed by atoms with Crippen molar-refractivity contribution in [2.75, 3.05) is 6.66 Å². The predicted octanol–water partition coefficient (Wildman–Crippen LogP) is 0.629. The molecule has 0 atom stereocenters. The summed E-state index contributed by atoms with van der Waals surface area (Å²) in [6.45, 7) is 2.41. The van der Waals surface area contributed by atoms with Gasteiger partial charge < -0.3 is 0 Å². The van der Waals surface area contributed by atoms with Gasteiger partial charge in [0.2, 0.25) is 0 Å². The van der Waals surface area contributed by atoms with E-state index in [2.05, 4.69) is 115 Å². The van der Waals surface area contributed by atoms with E-state index >= 15 is 0 Å². The molecule has 6 N–H and O–H groups in total. The van der Waals surface area contributed by atoms with Crippen LogP contribution in [0.1, 0.15) is 0 Å². The second-order valence-corrected chi connectivity index (χ2v) is 9.07. The van der Waals surface area contributed by atoms with Crippen LogP contribution in [-0.2, 0) is 0 Å². The van der Waals surface area contributed by atoms with Crippen LogP contribution < -0.4 is 32.8 Å². The molecule has 0 aliphatic heterocycles. The van der Waals surface area contributed by atoms with Gasteiger partial charge in [0.25, 0.3) is 0 Å². The van der Waals surface area contributed by atoms with Crippen LogP contribution in [0.4, 0.5) is 0 Å². The van der Waals surface area contributed by atoms with E-state index in [9.17, 15) is 0 Å². The van der Waals surface area contributed by atoms with E-state index in [1.165, 1.54) is 15.9 Å². The van der Waals surface area contributed by atoms with Crippen molar-refractivity contribution in [3.8, 4) is 0 Å². The first kappa shape index (κ1) is 17.7. The Hall–Kier alpha value is -2.64. The Morgan fingerprint density at radius 1 is 0.625 bits per heavy atom. The molecule has 0 aromatic heterocycles.